The molecule has 1 amide bonds. The van der Waals surface area contributed by atoms with Crippen LogP contribution in [0.2, 0.25) is 0 Å². The molecule has 2 aromatic rings. The molecule has 0 atom stereocenters. The average Bonchev–Trinajstić information content (AvgIpc) is 2.91. The van der Waals surface area contributed by atoms with E-state index < -0.39 is 5.97 Å². The molecule has 0 aromatic carbocycles. The van der Waals surface area contributed by atoms with Crippen molar-refractivity contribution in [3.8, 4) is 0 Å². The molecule has 0 fully saturated rings. The molecule has 18 heavy (non-hydrogen) atoms. The van der Waals surface area contributed by atoms with Crippen LogP contribution in [-0.4, -0.2) is 29.0 Å². The zero-order valence-corrected chi connectivity index (χ0v) is 10.2. The number of hydrogen-bond acceptors (Lipinski definition) is 6. The number of nitrogens with one attached hydrogen (secondary N) is 1. The van der Waals surface area contributed by atoms with Crippen molar-refractivity contribution in [1.29, 1.82) is 0 Å². The molecule has 1 N–H and O–H groups in total. The lowest BCUT2D eigenvalue weighted by Crippen LogP contribution is -2.14. The summed E-state index contributed by atoms with van der Waals surface area (Å²) in [4.78, 5) is 30.7. The van der Waals surface area contributed by atoms with Crippen LogP contribution in [-0.2, 0) is 4.74 Å². The minimum Gasteiger partial charge on any atom is -0.465 e. The van der Waals surface area contributed by atoms with Crippen LogP contribution >= 0.6 is 11.3 Å². The van der Waals surface area contributed by atoms with Crippen molar-refractivity contribution in [3.05, 3.63) is 41.2 Å². The van der Waals surface area contributed by atoms with E-state index in [0.717, 1.165) is 0 Å². The van der Waals surface area contributed by atoms with Gasteiger partial charge < -0.3 is 4.74 Å². The summed E-state index contributed by atoms with van der Waals surface area (Å²) < 4.78 is 4.53. The van der Waals surface area contributed by atoms with Crippen LogP contribution in [0, 0.1) is 0 Å². The number of ether oxygens (including phenoxy) is 1. The van der Waals surface area contributed by atoms with E-state index >= 15 is 0 Å². The number of rotatable bonds is 3. The Hall–Kier alpha value is -2.28. The lowest BCUT2D eigenvalue weighted by atomic mass is 10.2. The van der Waals surface area contributed by atoms with Gasteiger partial charge in [-0.3, -0.25) is 15.1 Å². The van der Waals surface area contributed by atoms with Gasteiger partial charge in [0.2, 0.25) is 0 Å². The number of aromatic nitrogens is 2. The molecule has 7 heteroatoms. The van der Waals surface area contributed by atoms with Gasteiger partial charge in [-0.1, -0.05) is 0 Å². The third-order valence-electron chi connectivity index (χ3n) is 2.07. The number of carbonyl (C=O) groups excluding carboxylic acids is 2. The molecule has 0 aliphatic heterocycles. The normalized spacial score (nSPS) is 9.83. The minimum absolute atomic E-state index is 0.206. The van der Waals surface area contributed by atoms with Crippen LogP contribution in [0.1, 0.15) is 20.8 Å². The quantitative estimate of drug-likeness (QED) is 0.850. The SMILES string of the molecule is COC(=O)c1ccc(C(=O)Nc2nccs2)nc1. The van der Waals surface area contributed by atoms with Gasteiger partial charge in [-0.15, -0.1) is 11.3 Å². The third kappa shape index (κ3) is 2.69. The fourth-order valence-corrected chi connectivity index (χ4v) is 1.74. The van der Waals surface area contributed by atoms with Gasteiger partial charge in [0.15, 0.2) is 5.13 Å². The Morgan fingerprint density at radius 3 is 2.72 bits per heavy atom. The highest BCUT2D eigenvalue weighted by Crippen LogP contribution is 2.11. The second kappa shape index (κ2) is 5.37. The van der Waals surface area contributed by atoms with Gasteiger partial charge in [0.1, 0.15) is 5.69 Å². The molecule has 6 nitrogen and oxygen atoms in total. The molecule has 0 saturated carbocycles. The number of hydrogen-bond donors (Lipinski definition) is 1. The summed E-state index contributed by atoms with van der Waals surface area (Å²) >= 11 is 1.31. The molecule has 0 unspecified atom stereocenters. The molecule has 0 saturated heterocycles. The number of methoxy groups -OCH3 is 1. The third-order valence-corrected chi connectivity index (χ3v) is 2.76. The molecular weight excluding hydrogens is 254 g/mol. The van der Waals surface area contributed by atoms with Gasteiger partial charge in [0.05, 0.1) is 12.7 Å². The van der Waals surface area contributed by atoms with E-state index in [4.69, 9.17) is 0 Å². The van der Waals surface area contributed by atoms with Gasteiger partial charge in [0, 0.05) is 17.8 Å². The highest BCUT2D eigenvalue weighted by Gasteiger charge is 2.11. The summed E-state index contributed by atoms with van der Waals surface area (Å²) in [5.41, 5.74) is 0.501. The van der Waals surface area contributed by atoms with Crippen molar-refractivity contribution >= 4 is 28.3 Å². The maximum absolute atomic E-state index is 11.7. The maximum Gasteiger partial charge on any atom is 0.339 e. The van der Waals surface area contributed by atoms with Crippen LogP contribution in [0.25, 0.3) is 0 Å². The van der Waals surface area contributed by atoms with Crippen LogP contribution in [0.4, 0.5) is 5.13 Å². The zero-order chi connectivity index (χ0) is 13.0. The molecule has 92 valence electrons. The summed E-state index contributed by atoms with van der Waals surface area (Å²) in [5, 5.41) is 4.84. The molecule has 0 bridgehead atoms. The Kier molecular flexibility index (Phi) is 3.63. The Labute approximate surface area is 107 Å². The average molecular weight is 263 g/mol. The standard InChI is InChI=1S/C11H9N3O3S/c1-17-10(16)7-2-3-8(13-6-7)9(15)14-11-12-4-5-18-11/h2-6H,1H3,(H,12,14,15). The van der Waals surface area contributed by atoms with Gasteiger partial charge in [0.25, 0.3) is 5.91 Å². The summed E-state index contributed by atoms with van der Waals surface area (Å²) in [6.07, 6.45) is 2.89. The van der Waals surface area contributed by atoms with Crippen LogP contribution < -0.4 is 5.32 Å². The Bertz CT molecular complexity index is 551. The first-order chi connectivity index (χ1) is 8.70. The second-order valence-corrected chi connectivity index (χ2v) is 4.11. The highest BCUT2D eigenvalue weighted by atomic mass is 32.1. The predicted octanol–water partition coefficient (Wildman–Crippen LogP) is 1.58. The van der Waals surface area contributed by atoms with Crippen molar-refractivity contribution in [2.45, 2.75) is 0 Å². The first kappa shape index (κ1) is 12.2. The smallest absolute Gasteiger partial charge is 0.339 e. The molecule has 2 rings (SSSR count). The number of anilines is 1. The fourth-order valence-electron chi connectivity index (χ4n) is 1.21. The number of amides is 1. The van der Waals surface area contributed by atoms with Crippen molar-refractivity contribution in [2.24, 2.45) is 0 Å². The van der Waals surface area contributed by atoms with E-state index in [1.807, 2.05) is 0 Å². The van der Waals surface area contributed by atoms with Gasteiger partial charge in [-0.05, 0) is 12.1 Å². The van der Waals surface area contributed by atoms with Crippen molar-refractivity contribution in [1.82, 2.24) is 9.97 Å². The Morgan fingerprint density at radius 1 is 1.33 bits per heavy atom. The summed E-state index contributed by atoms with van der Waals surface area (Å²) in [6.45, 7) is 0. The Morgan fingerprint density at radius 2 is 2.17 bits per heavy atom. The summed E-state index contributed by atoms with van der Waals surface area (Å²) in [5.74, 6) is -0.865. The van der Waals surface area contributed by atoms with E-state index in [9.17, 15) is 9.59 Å². The van der Waals surface area contributed by atoms with Crippen LogP contribution in [0.5, 0.6) is 0 Å². The van der Waals surface area contributed by atoms with Gasteiger partial charge in [-0.2, -0.15) is 0 Å². The van der Waals surface area contributed by atoms with Gasteiger partial charge >= 0.3 is 5.97 Å². The van der Waals surface area contributed by atoms with Crippen molar-refractivity contribution in [3.63, 3.8) is 0 Å². The Balaban J connectivity index is 2.09. The molecule has 0 spiro atoms. The van der Waals surface area contributed by atoms with Crippen molar-refractivity contribution in [2.75, 3.05) is 12.4 Å². The largest absolute Gasteiger partial charge is 0.465 e. The van der Waals surface area contributed by atoms with E-state index in [0.29, 0.717) is 10.7 Å². The number of pyridine rings is 1. The topological polar surface area (TPSA) is 81.2 Å². The van der Waals surface area contributed by atoms with E-state index in [1.54, 1.807) is 11.6 Å². The number of nitrogens with zero attached hydrogens (tertiary/aromatic N) is 2. The highest BCUT2D eigenvalue weighted by molar-refractivity contribution is 7.13. The first-order valence-corrected chi connectivity index (χ1v) is 5.84. The van der Waals surface area contributed by atoms with Crippen LogP contribution in [0.3, 0.4) is 0 Å². The molecule has 0 aliphatic rings. The molecule has 2 aromatic heterocycles. The monoisotopic (exact) mass is 263 g/mol. The molecule has 2 heterocycles. The number of thiazole rings is 1. The molecule has 0 aliphatic carbocycles. The number of carbonyl (C=O) groups is 2. The predicted molar refractivity (Wildman–Crippen MR) is 65.6 cm³/mol. The molecule has 0 radical (unpaired) electrons. The molecular formula is C11H9N3O3S. The lowest BCUT2D eigenvalue weighted by Gasteiger charge is -2.02. The zero-order valence-electron chi connectivity index (χ0n) is 9.41. The van der Waals surface area contributed by atoms with E-state index in [-0.39, 0.29) is 11.6 Å². The van der Waals surface area contributed by atoms with E-state index in [2.05, 4.69) is 20.0 Å². The van der Waals surface area contributed by atoms with E-state index in [1.165, 1.54) is 36.8 Å². The van der Waals surface area contributed by atoms with Crippen molar-refractivity contribution < 1.29 is 14.3 Å². The van der Waals surface area contributed by atoms with Crippen LogP contribution in [0.15, 0.2) is 29.9 Å². The number of esters is 1. The second-order valence-electron chi connectivity index (χ2n) is 3.22. The van der Waals surface area contributed by atoms with Gasteiger partial charge in [-0.25, -0.2) is 9.78 Å². The maximum atomic E-state index is 11.7. The fraction of sp³-hybridized carbons (Fsp3) is 0.0909. The summed E-state index contributed by atoms with van der Waals surface area (Å²) in [7, 11) is 1.28. The lowest BCUT2D eigenvalue weighted by molar-refractivity contribution is 0.0600. The summed E-state index contributed by atoms with van der Waals surface area (Å²) in [6, 6.07) is 2.94. The minimum atomic E-state index is -0.491. The first-order valence-electron chi connectivity index (χ1n) is 4.96.